The molecule has 3 aromatic carbocycles. The second kappa shape index (κ2) is 7.94. The van der Waals surface area contributed by atoms with Gasteiger partial charge in [0, 0.05) is 19.0 Å². The monoisotopic (exact) mass is 430 g/mol. The maximum Gasteiger partial charge on any atom is 0.286 e. The van der Waals surface area contributed by atoms with Crippen molar-refractivity contribution >= 4 is 49.2 Å². The largest absolute Gasteiger partial charge is 0.463 e. The molecule has 0 saturated heterocycles. The first-order valence-corrected chi connectivity index (χ1v) is 10.6. The van der Waals surface area contributed by atoms with Crippen molar-refractivity contribution in [1.29, 1.82) is 0 Å². The Bertz CT molecular complexity index is 1580. The summed E-state index contributed by atoms with van der Waals surface area (Å²) < 4.78 is 13.7. The van der Waals surface area contributed by atoms with Crippen molar-refractivity contribution in [3.05, 3.63) is 87.5 Å². The van der Waals surface area contributed by atoms with Gasteiger partial charge in [0.05, 0.1) is 22.2 Å². The highest BCUT2D eigenvalue weighted by atomic mass is 32.1. The van der Waals surface area contributed by atoms with Gasteiger partial charge in [0.2, 0.25) is 5.43 Å². The molecule has 154 valence electrons. The maximum absolute atomic E-state index is 13.0. The van der Waals surface area contributed by atoms with Crippen molar-refractivity contribution in [3.63, 3.8) is 0 Å². The Morgan fingerprint density at radius 2 is 1.84 bits per heavy atom. The lowest BCUT2D eigenvalue weighted by atomic mass is 10.1. The van der Waals surface area contributed by atoms with Crippen LogP contribution in [0.25, 0.3) is 32.0 Å². The van der Waals surface area contributed by atoms with Gasteiger partial charge in [-0.2, -0.15) is 4.99 Å². The number of ether oxygens (including phenoxy) is 1. The Balaban J connectivity index is 1.71. The fourth-order valence-electron chi connectivity index (χ4n) is 3.66. The van der Waals surface area contributed by atoms with E-state index in [0.29, 0.717) is 28.9 Å². The van der Waals surface area contributed by atoms with E-state index in [0.717, 1.165) is 21.0 Å². The molecule has 0 unspecified atom stereocenters. The molecule has 0 saturated carbocycles. The van der Waals surface area contributed by atoms with E-state index < -0.39 is 5.91 Å². The summed E-state index contributed by atoms with van der Waals surface area (Å²) in [6, 6.07) is 19.0. The molecule has 0 N–H and O–H groups in total. The van der Waals surface area contributed by atoms with E-state index in [1.54, 1.807) is 31.4 Å². The molecule has 7 heteroatoms. The van der Waals surface area contributed by atoms with Gasteiger partial charge in [0.25, 0.3) is 5.91 Å². The number of carbonyl (C=O) groups excluding carboxylic acids is 1. The number of hydrogen-bond acceptors (Lipinski definition) is 5. The van der Waals surface area contributed by atoms with Gasteiger partial charge in [0.1, 0.15) is 17.4 Å². The fraction of sp³-hybridized carbons (Fsp3) is 0.125. The molecular weight excluding hydrogens is 412 g/mol. The molecule has 1 amide bonds. The van der Waals surface area contributed by atoms with Crippen LogP contribution in [0.4, 0.5) is 0 Å². The molecule has 0 radical (unpaired) electrons. The smallest absolute Gasteiger partial charge is 0.286 e. The number of carbonyl (C=O) groups is 1. The average Bonchev–Trinajstić information content (AvgIpc) is 3.15. The van der Waals surface area contributed by atoms with Crippen LogP contribution >= 0.6 is 11.3 Å². The van der Waals surface area contributed by atoms with E-state index in [1.807, 2.05) is 22.8 Å². The van der Waals surface area contributed by atoms with Crippen molar-refractivity contribution < 1.29 is 13.9 Å². The number of para-hydroxylation sites is 1. The molecule has 0 aliphatic heterocycles. The predicted octanol–water partition coefficient (Wildman–Crippen LogP) is 4.35. The lowest BCUT2D eigenvalue weighted by Crippen LogP contribution is -2.21. The van der Waals surface area contributed by atoms with Crippen LogP contribution in [0.15, 0.2) is 81.1 Å². The van der Waals surface area contributed by atoms with Crippen LogP contribution in [0, 0.1) is 0 Å². The molecule has 6 nitrogen and oxygen atoms in total. The van der Waals surface area contributed by atoms with Crippen LogP contribution < -0.4 is 10.2 Å². The minimum atomic E-state index is -0.624. The number of rotatable bonds is 4. The first-order valence-electron chi connectivity index (χ1n) is 9.77. The fourth-order valence-corrected chi connectivity index (χ4v) is 4.84. The van der Waals surface area contributed by atoms with Crippen molar-refractivity contribution in [2.75, 3.05) is 13.7 Å². The highest BCUT2D eigenvalue weighted by Gasteiger charge is 2.16. The van der Waals surface area contributed by atoms with Crippen LogP contribution in [0.5, 0.6) is 0 Å². The molecular formula is C24H18N2O4S. The van der Waals surface area contributed by atoms with E-state index in [1.165, 1.54) is 17.6 Å². The zero-order chi connectivity index (χ0) is 21.4. The zero-order valence-corrected chi connectivity index (χ0v) is 17.5. The lowest BCUT2D eigenvalue weighted by Gasteiger charge is -2.05. The Hall–Kier alpha value is -3.55. The number of hydrogen-bond donors (Lipinski definition) is 0. The number of nitrogens with zero attached hydrogens (tertiary/aromatic N) is 2. The first-order chi connectivity index (χ1) is 15.2. The maximum atomic E-state index is 13.0. The Labute approximate surface area is 180 Å². The van der Waals surface area contributed by atoms with Crippen molar-refractivity contribution in [2.45, 2.75) is 6.54 Å². The number of thiazole rings is 1. The van der Waals surface area contributed by atoms with Crippen molar-refractivity contribution in [3.8, 4) is 0 Å². The summed E-state index contributed by atoms with van der Waals surface area (Å²) in [7, 11) is 1.63. The molecule has 5 aromatic rings. The number of amides is 1. The third-order valence-electron chi connectivity index (χ3n) is 5.20. The van der Waals surface area contributed by atoms with Crippen LogP contribution in [-0.4, -0.2) is 24.2 Å². The van der Waals surface area contributed by atoms with Crippen LogP contribution in [0.2, 0.25) is 0 Å². The van der Waals surface area contributed by atoms with Gasteiger partial charge < -0.3 is 13.7 Å². The van der Waals surface area contributed by atoms with Gasteiger partial charge in [-0.15, -0.1) is 0 Å². The van der Waals surface area contributed by atoms with Gasteiger partial charge >= 0.3 is 0 Å². The highest BCUT2D eigenvalue weighted by Crippen LogP contribution is 2.27. The SMILES string of the molecule is COCCn1c(=NC(=O)c2coc3ccccc3c2=O)sc2c3ccccc3ccc21. The molecule has 0 aliphatic rings. The summed E-state index contributed by atoms with van der Waals surface area (Å²) >= 11 is 1.42. The van der Waals surface area contributed by atoms with Gasteiger partial charge in [0.15, 0.2) is 4.80 Å². The molecule has 0 aliphatic carbocycles. The van der Waals surface area contributed by atoms with Crippen molar-refractivity contribution in [2.24, 2.45) is 4.99 Å². The zero-order valence-electron chi connectivity index (χ0n) is 16.7. The number of methoxy groups -OCH3 is 1. The topological polar surface area (TPSA) is 73.8 Å². The molecule has 2 aromatic heterocycles. The van der Waals surface area contributed by atoms with Crippen LogP contribution in [-0.2, 0) is 11.3 Å². The Morgan fingerprint density at radius 3 is 2.68 bits per heavy atom. The summed E-state index contributed by atoms with van der Waals surface area (Å²) in [6.45, 7) is 1.01. The third kappa shape index (κ3) is 3.37. The minimum absolute atomic E-state index is 0.0840. The van der Waals surface area contributed by atoms with Gasteiger partial charge in [-0.25, -0.2) is 0 Å². The van der Waals surface area contributed by atoms with Crippen molar-refractivity contribution in [1.82, 2.24) is 4.57 Å². The van der Waals surface area contributed by atoms with Crippen LogP contribution in [0.3, 0.4) is 0 Å². The van der Waals surface area contributed by atoms with E-state index in [2.05, 4.69) is 23.2 Å². The van der Waals surface area contributed by atoms with Gasteiger partial charge in [-0.05, 0) is 23.6 Å². The molecule has 5 rings (SSSR count). The molecule has 2 heterocycles. The minimum Gasteiger partial charge on any atom is -0.463 e. The van der Waals surface area contributed by atoms with Gasteiger partial charge in [-0.3, -0.25) is 9.59 Å². The quantitative estimate of drug-likeness (QED) is 0.425. The Kier molecular flexibility index (Phi) is 4.97. The van der Waals surface area contributed by atoms with Crippen LogP contribution in [0.1, 0.15) is 10.4 Å². The number of aromatic nitrogens is 1. The first kappa shape index (κ1) is 19.4. The summed E-state index contributed by atoms with van der Waals surface area (Å²) in [5, 5.41) is 2.57. The summed E-state index contributed by atoms with van der Waals surface area (Å²) in [5.41, 5.74) is 0.940. The number of benzene rings is 3. The standard InChI is InChI=1S/C24H18N2O4S/c1-29-13-12-26-19-11-10-15-6-2-3-7-16(15)22(19)31-24(26)25-23(28)18-14-30-20-9-5-4-8-17(20)21(18)27/h2-11,14H,12-13H2,1H3. The third-order valence-corrected chi connectivity index (χ3v) is 6.33. The average molecular weight is 430 g/mol. The molecule has 0 bridgehead atoms. The summed E-state index contributed by atoms with van der Waals surface area (Å²) in [5.74, 6) is -0.624. The second-order valence-corrected chi connectivity index (χ2v) is 8.03. The van der Waals surface area contributed by atoms with E-state index >= 15 is 0 Å². The predicted molar refractivity (Wildman–Crippen MR) is 122 cm³/mol. The van der Waals surface area contributed by atoms with E-state index in [9.17, 15) is 9.59 Å². The van der Waals surface area contributed by atoms with Gasteiger partial charge in [-0.1, -0.05) is 53.8 Å². The normalized spacial score (nSPS) is 12.2. The molecule has 0 atom stereocenters. The molecule has 0 spiro atoms. The molecule has 0 fully saturated rings. The molecule has 31 heavy (non-hydrogen) atoms. The Morgan fingerprint density at radius 1 is 1.06 bits per heavy atom. The van der Waals surface area contributed by atoms with E-state index in [-0.39, 0.29) is 11.0 Å². The second-order valence-electron chi connectivity index (χ2n) is 7.06. The summed E-state index contributed by atoms with van der Waals surface area (Å²) in [4.78, 5) is 30.6. The highest BCUT2D eigenvalue weighted by molar-refractivity contribution is 7.17. The lowest BCUT2D eigenvalue weighted by molar-refractivity contribution is 0.0994. The summed E-state index contributed by atoms with van der Waals surface area (Å²) in [6.07, 6.45) is 1.19. The van der Waals surface area contributed by atoms with E-state index in [4.69, 9.17) is 9.15 Å². The number of fused-ring (bicyclic) bond motifs is 4.